The molecule has 0 bridgehead atoms. The second-order valence-corrected chi connectivity index (χ2v) is 6.43. The minimum atomic E-state index is -0.592. The second kappa shape index (κ2) is 7.97. The number of hydrogen-bond donors (Lipinski definition) is 1. The van der Waals surface area contributed by atoms with Crippen LogP contribution in [0.25, 0.3) is 12.2 Å². The van der Waals surface area contributed by atoms with Gasteiger partial charge < -0.3 is 20.0 Å². The van der Waals surface area contributed by atoms with Crippen LogP contribution in [0.15, 0.2) is 46.9 Å². The van der Waals surface area contributed by atoms with Crippen LogP contribution in [-0.2, 0) is 0 Å². The number of para-hydroxylation sites is 1. The highest BCUT2D eigenvalue weighted by molar-refractivity contribution is 5.65. The molecule has 1 aromatic carbocycles. The quantitative estimate of drug-likeness (QED) is 0.513. The summed E-state index contributed by atoms with van der Waals surface area (Å²) in [7, 11) is 0. The monoisotopic (exact) mass is 393 g/mol. The normalized spacial score (nSPS) is 14.5. The number of aromatic nitrogens is 3. The summed E-state index contributed by atoms with van der Waals surface area (Å²) in [5.41, 5.74) is 7.04. The summed E-state index contributed by atoms with van der Waals surface area (Å²) in [6, 6.07) is 13.0. The van der Waals surface area contributed by atoms with Crippen molar-refractivity contribution in [2.24, 2.45) is 0 Å². The lowest BCUT2D eigenvalue weighted by molar-refractivity contribution is -0.402. The number of anilines is 3. The van der Waals surface area contributed by atoms with Gasteiger partial charge in [0.2, 0.25) is 11.9 Å². The minimum Gasteiger partial charge on any atom is -0.401 e. The van der Waals surface area contributed by atoms with Gasteiger partial charge in [-0.2, -0.15) is 15.0 Å². The van der Waals surface area contributed by atoms with Crippen molar-refractivity contribution in [1.82, 2.24) is 15.0 Å². The number of furan rings is 1. The van der Waals surface area contributed by atoms with E-state index in [0.29, 0.717) is 17.5 Å². The number of nitro groups is 1. The Bertz CT molecular complexity index is 1030. The lowest BCUT2D eigenvalue weighted by atomic mass is 10.2. The maximum atomic E-state index is 10.7. The molecule has 1 aliphatic heterocycles. The van der Waals surface area contributed by atoms with Crippen LogP contribution in [-0.4, -0.2) is 46.1 Å². The van der Waals surface area contributed by atoms with E-state index in [0.717, 1.165) is 26.2 Å². The molecule has 2 aromatic heterocycles. The fourth-order valence-electron chi connectivity index (χ4n) is 3.10. The maximum absolute atomic E-state index is 10.7. The van der Waals surface area contributed by atoms with Crippen molar-refractivity contribution in [3.63, 3.8) is 0 Å². The van der Waals surface area contributed by atoms with E-state index in [-0.39, 0.29) is 11.8 Å². The van der Waals surface area contributed by atoms with Gasteiger partial charge in [0, 0.05) is 31.9 Å². The Balaban J connectivity index is 1.46. The minimum absolute atomic E-state index is 0.116. The van der Waals surface area contributed by atoms with Crippen molar-refractivity contribution in [3.05, 3.63) is 64.2 Å². The van der Waals surface area contributed by atoms with Gasteiger partial charge in [0.05, 0.1) is 6.07 Å². The number of rotatable bonds is 5. The summed E-state index contributed by atoms with van der Waals surface area (Å²) in [5.74, 6) is 0.989. The largest absolute Gasteiger partial charge is 0.433 e. The highest BCUT2D eigenvalue weighted by Gasteiger charge is 2.20. The molecule has 10 heteroatoms. The molecule has 1 fully saturated rings. The van der Waals surface area contributed by atoms with Crippen molar-refractivity contribution in [2.45, 2.75) is 0 Å². The Morgan fingerprint density at radius 2 is 1.69 bits per heavy atom. The van der Waals surface area contributed by atoms with E-state index < -0.39 is 4.92 Å². The SMILES string of the molecule is Nc1nc(/C=C/c2ccc([N+](=O)[O-])o2)nc(N2CCN(c3ccccc3)CC2)n1. The predicted octanol–water partition coefficient (Wildman–Crippen LogP) is 2.45. The van der Waals surface area contributed by atoms with Crippen LogP contribution in [0.4, 0.5) is 23.5 Å². The third kappa shape index (κ3) is 4.32. The number of nitrogen functional groups attached to an aromatic ring is 1. The van der Waals surface area contributed by atoms with Crippen molar-refractivity contribution < 1.29 is 9.34 Å². The Labute approximate surface area is 166 Å². The number of hydrogen-bond acceptors (Lipinski definition) is 9. The molecule has 1 aliphatic rings. The molecular weight excluding hydrogens is 374 g/mol. The third-order valence-corrected chi connectivity index (χ3v) is 4.53. The number of benzene rings is 1. The van der Waals surface area contributed by atoms with Crippen LogP contribution in [0.3, 0.4) is 0 Å². The number of nitrogens with zero attached hydrogens (tertiary/aromatic N) is 6. The molecule has 0 unspecified atom stereocenters. The molecule has 0 saturated carbocycles. The molecule has 4 rings (SSSR count). The topological polar surface area (TPSA) is 127 Å². The molecule has 0 radical (unpaired) electrons. The fraction of sp³-hybridized carbons (Fsp3) is 0.211. The van der Waals surface area contributed by atoms with E-state index in [9.17, 15) is 10.1 Å². The molecule has 3 aromatic rings. The Kier molecular flexibility index (Phi) is 5.06. The first kappa shape index (κ1) is 18.4. The van der Waals surface area contributed by atoms with Crippen LogP contribution in [0.5, 0.6) is 0 Å². The van der Waals surface area contributed by atoms with E-state index in [1.807, 2.05) is 18.2 Å². The molecule has 3 heterocycles. The van der Waals surface area contributed by atoms with Gasteiger partial charge in [-0.15, -0.1) is 0 Å². The van der Waals surface area contributed by atoms with E-state index in [4.69, 9.17) is 10.2 Å². The number of nitrogens with two attached hydrogens (primary N) is 1. The Morgan fingerprint density at radius 1 is 0.966 bits per heavy atom. The molecule has 1 saturated heterocycles. The van der Waals surface area contributed by atoms with Gasteiger partial charge in [-0.3, -0.25) is 10.1 Å². The van der Waals surface area contributed by atoms with E-state index in [1.165, 1.54) is 17.8 Å². The van der Waals surface area contributed by atoms with E-state index in [1.54, 1.807) is 12.2 Å². The Hall–Kier alpha value is -3.95. The Morgan fingerprint density at radius 3 is 2.38 bits per heavy atom. The van der Waals surface area contributed by atoms with Gasteiger partial charge >= 0.3 is 5.88 Å². The fourth-order valence-corrected chi connectivity index (χ4v) is 3.10. The van der Waals surface area contributed by atoms with Crippen molar-refractivity contribution in [2.75, 3.05) is 41.7 Å². The first-order valence-corrected chi connectivity index (χ1v) is 9.07. The summed E-state index contributed by atoms with van der Waals surface area (Å²) < 4.78 is 5.09. The van der Waals surface area contributed by atoms with Crippen molar-refractivity contribution in [3.8, 4) is 0 Å². The van der Waals surface area contributed by atoms with Crippen molar-refractivity contribution >= 4 is 35.6 Å². The summed E-state index contributed by atoms with van der Waals surface area (Å²) >= 11 is 0. The molecule has 0 amide bonds. The molecule has 0 aliphatic carbocycles. The molecule has 0 spiro atoms. The zero-order chi connectivity index (χ0) is 20.2. The molecule has 2 N–H and O–H groups in total. The smallest absolute Gasteiger partial charge is 0.401 e. The zero-order valence-corrected chi connectivity index (χ0v) is 15.5. The lowest BCUT2D eigenvalue weighted by Crippen LogP contribution is -2.47. The molecule has 0 atom stereocenters. The van der Waals surface area contributed by atoms with Crippen LogP contribution in [0.1, 0.15) is 11.6 Å². The van der Waals surface area contributed by atoms with Gasteiger partial charge in [-0.1, -0.05) is 18.2 Å². The van der Waals surface area contributed by atoms with E-state index >= 15 is 0 Å². The molecular formula is C19H19N7O3. The van der Waals surface area contributed by atoms with Crippen LogP contribution >= 0.6 is 0 Å². The van der Waals surface area contributed by atoms with Gasteiger partial charge in [-0.25, -0.2) is 0 Å². The first-order valence-electron chi connectivity index (χ1n) is 9.07. The van der Waals surface area contributed by atoms with Gasteiger partial charge in [0.1, 0.15) is 10.7 Å². The summed E-state index contributed by atoms with van der Waals surface area (Å²) in [6.07, 6.45) is 3.14. The predicted molar refractivity (Wildman–Crippen MR) is 109 cm³/mol. The molecule has 29 heavy (non-hydrogen) atoms. The average Bonchev–Trinajstić information content (AvgIpc) is 3.22. The van der Waals surface area contributed by atoms with Crippen molar-refractivity contribution in [1.29, 1.82) is 0 Å². The summed E-state index contributed by atoms with van der Waals surface area (Å²) in [4.78, 5) is 27.3. The summed E-state index contributed by atoms with van der Waals surface area (Å²) in [5, 5.41) is 10.7. The average molecular weight is 393 g/mol. The first-order chi connectivity index (χ1) is 14.1. The molecule has 10 nitrogen and oxygen atoms in total. The number of piperazine rings is 1. The van der Waals surface area contributed by atoms with Crippen LogP contribution in [0.2, 0.25) is 0 Å². The highest BCUT2D eigenvalue weighted by atomic mass is 16.6. The zero-order valence-electron chi connectivity index (χ0n) is 15.5. The van der Waals surface area contributed by atoms with Crippen LogP contribution in [0, 0.1) is 10.1 Å². The second-order valence-electron chi connectivity index (χ2n) is 6.43. The lowest BCUT2D eigenvalue weighted by Gasteiger charge is -2.36. The third-order valence-electron chi connectivity index (χ3n) is 4.53. The highest BCUT2D eigenvalue weighted by Crippen LogP contribution is 2.20. The van der Waals surface area contributed by atoms with E-state index in [2.05, 4.69) is 36.9 Å². The summed E-state index contributed by atoms with van der Waals surface area (Å²) in [6.45, 7) is 3.20. The van der Waals surface area contributed by atoms with Gasteiger partial charge in [-0.05, 0) is 30.4 Å². The van der Waals surface area contributed by atoms with Gasteiger partial charge in [0.15, 0.2) is 5.82 Å². The van der Waals surface area contributed by atoms with Crippen LogP contribution < -0.4 is 15.5 Å². The standard InChI is InChI=1S/C19H19N7O3/c20-18-21-16(8-6-15-7-9-17(29-15)26(27)28)22-19(23-18)25-12-10-24(11-13-25)14-4-2-1-3-5-14/h1-9H,10-13H2,(H2,20,21,22,23)/b8-6+. The van der Waals surface area contributed by atoms with Gasteiger partial charge in [0.25, 0.3) is 0 Å². The maximum Gasteiger partial charge on any atom is 0.433 e. The molecule has 148 valence electrons.